The molecule has 1 aromatic heterocycles. The summed E-state index contributed by atoms with van der Waals surface area (Å²) in [5.41, 5.74) is 0. The van der Waals surface area contributed by atoms with Gasteiger partial charge in [-0.25, -0.2) is 0 Å². The van der Waals surface area contributed by atoms with Crippen LogP contribution in [0.4, 0.5) is 0 Å². The van der Waals surface area contributed by atoms with Gasteiger partial charge >= 0.3 is 5.97 Å². The summed E-state index contributed by atoms with van der Waals surface area (Å²) < 4.78 is 11.0. The van der Waals surface area contributed by atoms with Gasteiger partial charge in [0.2, 0.25) is 5.89 Å². The van der Waals surface area contributed by atoms with Crippen LogP contribution < -0.4 is 0 Å². The number of rotatable bonds is 3. The molecule has 6 heteroatoms. The fraction of sp³-hybridized carbons (Fsp3) is 0.750. The fourth-order valence-corrected chi connectivity index (χ4v) is 3.20. The summed E-state index contributed by atoms with van der Waals surface area (Å²) in [6, 6.07) is 0. The van der Waals surface area contributed by atoms with Crippen LogP contribution in [0.15, 0.2) is 4.52 Å². The number of carboxylic acids is 1. The van der Waals surface area contributed by atoms with Crippen LogP contribution in [0.3, 0.4) is 0 Å². The maximum atomic E-state index is 10.8. The second kappa shape index (κ2) is 3.54. The van der Waals surface area contributed by atoms with Crippen molar-refractivity contribution in [2.75, 3.05) is 0 Å². The van der Waals surface area contributed by atoms with Crippen LogP contribution in [0, 0.1) is 5.92 Å². The molecule has 1 N–H and O–H groups in total. The van der Waals surface area contributed by atoms with Gasteiger partial charge in [-0.3, -0.25) is 4.79 Å². The third kappa shape index (κ3) is 1.48. The van der Waals surface area contributed by atoms with Gasteiger partial charge in [-0.05, 0) is 25.7 Å². The summed E-state index contributed by atoms with van der Waals surface area (Å²) >= 11 is 0. The average molecular weight is 250 g/mol. The Morgan fingerprint density at radius 2 is 2.17 bits per heavy atom. The van der Waals surface area contributed by atoms with Crippen molar-refractivity contribution in [3.63, 3.8) is 0 Å². The maximum Gasteiger partial charge on any atom is 0.307 e. The van der Waals surface area contributed by atoms with Gasteiger partial charge in [0, 0.05) is 0 Å². The summed E-state index contributed by atoms with van der Waals surface area (Å²) in [4.78, 5) is 15.2. The van der Waals surface area contributed by atoms with Gasteiger partial charge in [-0.1, -0.05) is 5.16 Å². The number of fused-ring (bicyclic) bond motifs is 2. The van der Waals surface area contributed by atoms with Crippen molar-refractivity contribution in [1.29, 1.82) is 0 Å². The number of aliphatic carboxylic acids is 1. The molecule has 6 nitrogen and oxygen atoms in total. The van der Waals surface area contributed by atoms with Crippen molar-refractivity contribution in [3.05, 3.63) is 11.7 Å². The van der Waals surface area contributed by atoms with E-state index in [-0.39, 0.29) is 23.9 Å². The van der Waals surface area contributed by atoms with Crippen LogP contribution in [0.1, 0.15) is 49.2 Å². The molecule has 3 fully saturated rings. The molecule has 0 radical (unpaired) electrons. The lowest BCUT2D eigenvalue weighted by atomic mass is 9.89. The van der Waals surface area contributed by atoms with E-state index in [1.54, 1.807) is 0 Å². The van der Waals surface area contributed by atoms with E-state index < -0.39 is 5.97 Å². The average Bonchev–Trinajstić information content (AvgIpc) is 2.78. The SMILES string of the molecule is O=C(O)C1CC1c1nc(C2CC3CCC2O3)no1. The predicted molar refractivity (Wildman–Crippen MR) is 58.0 cm³/mol. The van der Waals surface area contributed by atoms with Crippen LogP contribution >= 0.6 is 0 Å². The van der Waals surface area contributed by atoms with E-state index in [0.29, 0.717) is 24.2 Å². The second-order valence-corrected chi connectivity index (χ2v) is 5.49. The number of aromatic nitrogens is 2. The van der Waals surface area contributed by atoms with E-state index in [1.165, 1.54) is 0 Å². The first-order chi connectivity index (χ1) is 8.72. The summed E-state index contributed by atoms with van der Waals surface area (Å²) in [6.07, 6.45) is 4.38. The van der Waals surface area contributed by atoms with Crippen LogP contribution in [0.25, 0.3) is 0 Å². The lowest BCUT2D eigenvalue weighted by Crippen LogP contribution is -2.15. The number of carboxylic acid groups (broad SMARTS) is 1. The first-order valence-electron chi connectivity index (χ1n) is 6.44. The van der Waals surface area contributed by atoms with Crippen LogP contribution in [0.5, 0.6) is 0 Å². The number of hydrogen-bond donors (Lipinski definition) is 1. The Bertz CT molecular complexity index is 500. The molecule has 0 aromatic carbocycles. The molecule has 2 bridgehead atoms. The molecule has 3 heterocycles. The summed E-state index contributed by atoms with van der Waals surface area (Å²) in [5, 5.41) is 12.9. The summed E-state index contributed by atoms with van der Waals surface area (Å²) in [7, 11) is 0. The zero-order valence-electron chi connectivity index (χ0n) is 9.78. The first-order valence-corrected chi connectivity index (χ1v) is 6.44. The van der Waals surface area contributed by atoms with Crippen molar-refractivity contribution >= 4 is 5.97 Å². The largest absolute Gasteiger partial charge is 0.481 e. The maximum absolute atomic E-state index is 10.8. The molecule has 5 unspecified atom stereocenters. The minimum absolute atomic E-state index is 0.0803. The molecule has 0 spiro atoms. The smallest absolute Gasteiger partial charge is 0.307 e. The fourth-order valence-electron chi connectivity index (χ4n) is 3.20. The number of carbonyl (C=O) groups is 1. The highest BCUT2D eigenvalue weighted by Crippen LogP contribution is 2.48. The second-order valence-electron chi connectivity index (χ2n) is 5.49. The number of nitrogens with zero attached hydrogens (tertiary/aromatic N) is 2. The van der Waals surface area contributed by atoms with Gasteiger partial charge in [0.15, 0.2) is 5.82 Å². The summed E-state index contributed by atoms with van der Waals surface area (Å²) in [6.45, 7) is 0. The van der Waals surface area contributed by atoms with Crippen LogP contribution in [0.2, 0.25) is 0 Å². The monoisotopic (exact) mass is 250 g/mol. The highest BCUT2D eigenvalue weighted by molar-refractivity contribution is 5.74. The summed E-state index contributed by atoms with van der Waals surface area (Å²) in [5.74, 6) is 0.234. The zero-order chi connectivity index (χ0) is 12.3. The molecule has 1 aromatic rings. The Morgan fingerprint density at radius 3 is 2.78 bits per heavy atom. The molecule has 5 atom stereocenters. The Labute approximate surface area is 103 Å². The van der Waals surface area contributed by atoms with E-state index in [1.807, 2.05) is 0 Å². The van der Waals surface area contributed by atoms with Gasteiger partial charge in [-0.2, -0.15) is 4.98 Å². The standard InChI is InChI=1S/C12H14N2O4/c15-12(16)7-4-6(7)11-13-10(14-18-11)8-3-5-1-2-9(8)17-5/h5-9H,1-4H2,(H,15,16). The third-order valence-electron chi connectivity index (χ3n) is 4.32. The van der Waals surface area contributed by atoms with Gasteiger partial charge < -0.3 is 14.4 Å². The van der Waals surface area contributed by atoms with E-state index in [9.17, 15) is 4.79 Å². The minimum atomic E-state index is -0.775. The normalized spacial score (nSPS) is 41.2. The van der Waals surface area contributed by atoms with Crippen molar-refractivity contribution in [2.24, 2.45) is 5.92 Å². The minimum Gasteiger partial charge on any atom is -0.481 e. The Morgan fingerprint density at radius 1 is 1.28 bits per heavy atom. The molecule has 3 aliphatic rings. The van der Waals surface area contributed by atoms with Crippen molar-refractivity contribution < 1.29 is 19.2 Å². The molecule has 1 saturated carbocycles. The van der Waals surface area contributed by atoms with Crippen molar-refractivity contribution in [1.82, 2.24) is 10.1 Å². The van der Waals surface area contributed by atoms with Gasteiger partial charge in [0.05, 0.1) is 30.0 Å². The highest BCUT2D eigenvalue weighted by Gasteiger charge is 2.49. The Kier molecular flexibility index (Phi) is 2.06. The molecule has 4 rings (SSSR count). The van der Waals surface area contributed by atoms with E-state index in [0.717, 1.165) is 19.3 Å². The predicted octanol–water partition coefficient (Wildman–Crippen LogP) is 1.29. The van der Waals surface area contributed by atoms with Crippen molar-refractivity contribution in [2.45, 2.75) is 49.7 Å². The lowest BCUT2D eigenvalue weighted by Gasteiger charge is -2.13. The molecule has 96 valence electrons. The quantitative estimate of drug-likeness (QED) is 0.870. The molecular formula is C12H14N2O4. The topological polar surface area (TPSA) is 85.5 Å². The first kappa shape index (κ1) is 10.5. The van der Waals surface area contributed by atoms with E-state index in [4.69, 9.17) is 14.4 Å². The van der Waals surface area contributed by atoms with Gasteiger partial charge in [0.25, 0.3) is 0 Å². The molecule has 2 aliphatic heterocycles. The van der Waals surface area contributed by atoms with Crippen molar-refractivity contribution in [3.8, 4) is 0 Å². The van der Waals surface area contributed by atoms with Gasteiger partial charge in [-0.15, -0.1) is 0 Å². The highest BCUT2D eigenvalue weighted by atomic mass is 16.5. The Balaban J connectivity index is 1.51. The van der Waals surface area contributed by atoms with E-state index >= 15 is 0 Å². The number of ether oxygens (including phenoxy) is 1. The molecule has 1 aliphatic carbocycles. The van der Waals surface area contributed by atoms with Crippen LogP contribution in [-0.4, -0.2) is 33.4 Å². The number of hydrogen-bond acceptors (Lipinski definition) is 5. The van der Waals surface area contributed by atoms with E-state index in [2.05, 4.69) is 10.1 Å². The zero-order valence-corrected chi connectivity index (χ0v) is 9.78. The van der Waals surface area contributed by atoms with Gasteiger partial charge in [0.1, 0.15) is 0 Å². The molecule has 2 saturated heterocycles. The Hall–Kier alpha value is -1.43. The molecule has 0 amide bonds. The third-order valence-corrected chi connectivity index (χ3v) is 4.32. The lowest BCUT2D eigenvalue weighted by molar-refractivity contribution is -0.138. The van der Waals surface area contributed by atoms with Crippen LogP contribution in [-0.2, 0) is 9.53 Å². The molecular weight excluding hydrogens is 236 g/mol. The molecule has 18 heavy (non-hydrogen) atoms.